The average Bonchev–Trinajstić information content (AvgIpc) is 2.73. The Bertz CT molecular complexity index is 688. The van der Waals surface area contributed by atoms with Gasteiger partial charge in [0.2, 0.25) is 0 Å². The van der Waals surface area contributed by atoms with Gasteiger partial charge in [0.05, 0.1) is 16.1 Å². The Hall–Kier alpha value is -1.26. The Morgan fingerprint density at radius 1 is 1.23 bits per heavy atom. The maximum Gasteiger partial charge on any atom is 0.313 e. The number of benzene rings is 1. The lowest BCUT2D eigenvalue weighted by Gasteiger charge is -2.35. The molecule has 1 aromatic carbocycles. The molecule has 0 spiro atoms. The van der Waals surface area contributed by atoms with Gasteiger partial charge in [-0.25, -0.2) is 0 Å². The molecule has 0 radical (unpaired) electrons. The molecule has 2 atom stereocenters. The predicted octanol–water partition coefficient (Wildman–Crippen LogP) is 4.05. The van der Waals surface area contributed by atoms with Crippen LogP contribution in [0.25, 0.3) is 0 Å². The molecule has 1 saturated heterocycles. The summed E-state index contributed by atoms with van der Waals surface area (Å²) in [6, 6.07) is 4.84. The average molecular weight is 342 g/mol. The molecule has 1 aliphatic heterocycles. The largest absolute Gasteiger partial charge is 0.448 e. The van der Waals surface area contributed by atoms with Crippen molar-refractivity contribution in [1.29, 1.82) is 0 Å². The Morgan fingerprint density at radius 2 is 1.91 bits per heavy atom. The van der Waals surface area contributed by atoms with Gasteiger partial charge in [-0.15, -0.1) is 0 Å². The standard InChI is InChI=1S/C16H17Cl2NO3/c1-14(2)15(3)6-7-16(14,22-13(15)21)12(20)19-11-8-9(17)4-5-10(11)18/h4-5,8H,6-7H2,1-3H3,(H,19,20)/t15-,16+/m1/s1. The van der Waals surface area contributed by atoms with Crippen molar-refractivity contribution in [3.05, 3.63) is 28.2 Å². The number of ether oxygens (including phenoxy) is 1. The molecule has 0 aromatic heterocycles. The lowest BCUT2D eigenvalue weighted by molar-refractivity contribution is -0.165. The van der Waals surface area contributed by atoms with Crippen LogP contribution in [0, 0.1) is 10.8 Å². The van der Waals surface area contributed by atoms with Gasteiger partial charge >= 0.3 is 5.97 Å². The van der Waals surface area contributed by atoms with E-state index < -0.39 is 16.4 Å². The first-order chi connectivity index (χ1) is 10.1. The molecule has 1 saturated carbocycles. The van der Waals surface area contributed by atoms with Gasteiger partial charge in [0, 0.05) is 10.4 Å². The summed E-state index contributed by atoms with van der Waals surface area (Å²) in [7, 11) is 0. The molecule has 1 aliphatic carbocycles. The molecule has 1 aromatic rings. The molecule has 1 heterocycles. The molecule has 2 aliphatic rings. The topological polar surface area (TPSA) is 55.4 Å². The van der Waals surface area contributed by atoms with Crippen molar-refractivity contribution >= 4 is 40.8 Å². The number of nitrogens with one attached hydrogen (secondary N) is 1. The van der Waals surface area contributed by atoms with E-state index in [9.17, 15) is 9.59 Å². The van der Waals surface area contributed by atoms with Crippen LogP contribution in [0.5, 0.6) is 0 Å². The number of fused-ring (bicyclic) bond motifs is 2. The van der Waals surface area contributed by atoms with Crippen molar-refractivity contribution in [2.24, 2.45) is 10.8 Å². The minimum absolute atomic E-state index is 0.309. The van der Waals surface area contributed by atoms with Crippen molar-refractivity contribution in [1.82, 2.24) is 0 Å². The van der Waals surface area contributed by atoms with E-state index in [1.165, 1.54) is 0 Å². The zero-order chi connectivity index (χ0) is 16.3. The van der Waals surface area contributed by atoms with Crippen molar-refractivity contribution < 1.29 is 14.3 Å². The fourth-order valence-electron chi connectivity index (χ4n) is 3.56. The molecule has 3 rings (SSSR count). The van der Waals surface area contributed by atoms with E-state index in [0.717, 1.165) is 0 Å². The second-order valence-corrected chi connectivity index (χ2v) is 7.60. The third kappa shape index (κ3) is 1.77. The molecule has 2 fully saturated rings. The summed E-state index contributed by atoms with van der Waals surface area (Å²) < 4.78 is 5.54. The highest BCUT2D eigenvalue weighted by Gasteiger charge is 2.75. The Labute approximate surface area is 139 Å². The molecule has 1 amide bonds. The number of carbonyl (C=O) groups excluding carboxylic acids is 2. The molecular formula is C16H17Cl2NO3. The van der Waals surface area contributed by atoms with Gasteiger partial charge < -0.3 is 10.1 Å². The van der Waals surface area contributed by atoms with Crippen LogP contribution < -0.4 is 5.32 Å². The van der Waals surface area contributed by atoms with Gasteiger partial charge in [-0.3, -0.25) is 9.59 Å². The minimum atomic E-state index is -1.16. The SMILES string of the molecule is CC1(C)[C@@]2(C(=O)Nc3cc(Cl)ccc3Cl)CC[C@]1(C)C(=O)O2. The summed E-state index contributed by atoms with van der Waals surface area (Å²) in [6.07, 6.45) is 1.14. The van der Waals surface area contributed by atoms with Gasteiger partial charge in [-0.05, 0) is 38.0 Å². The van der Waals surface area contributed by atoms with Gasteiger partial charge in [0.1, 0.15) is 0 Å². The number of amides is 1. The number of rotatable bonds is 2. The quantitative estimate of drug-likeness (QED) is 0.825. The summed E-state index contributed by atoms with van der Waals surface area (Å²) in [4.78, 5) is 25.1. The fourth-order valence-corrected chi connectivity index (χ4v) is 3.90. The lowest BCUT2D eigenvalue weighted by atomic mass is 9.66. The Kier molecular flexibility index (Phi) is 3.28. The maximum atomic E-state index is 12.9. The zero-order valence-corrected chi connectivity index (χ0v) is 14.1. The molecule has 1 N–H and O–H groups in total. The second-order valence-electron chi connectivity index (χ2n) is 6.75. The minimum Gasteiger partial charge on any atom is -0.448 e. The number of halogens is 2. The molecule has 2 bridgehead atoms. The van der Waals surface area contributed by atoms with Crippen LogP contribution in [-0.2, 0) is 14.3 Å². The summed E-state index contributed by atoms with van der Waals surface area (Å²) in [5.41, 5.74) is -1.97. The number of carbonyl (C=O) groups is 2. The second kappa shape index (κ2) is 4.62. The van der Waals surface area contributed by atoms with Crippen LogP contribution in [-0.4, -0.2) is 17.5 Å². The number of esters is 1. The van der Waals surface area contributed by atoms with E-state index in [0.29, 0.717) is 28.6 Å². The third-order valence-corrected chi connectivity index (χ3v) is 6.19. The van der Waals surface area contributed by atoms with Crippen LogP contribution in [0.2, 0.25) is 10.0 Å². The van der Waals surface area contributed by atoms with Crippen LogP contribution >= 0.6 is 23.2 Å². The van der Waals surface area contributed by atoms with Gasteiger partial charge in [-0.2, -0.15) is 0 Å². The van der Waals surface area contributed by atoms with E-state index in [2.05, 4.69) is 5.32 Å². The first-order valence-corrected chi connectivity index (χ1v) is 7.90. The van der Waals surface area contributed by atoms with Crippen LogP contribution in [0.15, 0.2) is 18.2 Å². The summed E-state index contributed by atoms with van der Waals surface area (Å²) >= 11 is 12.0. The van der Waals surface area contributed by atoms with E-state index in [1.807, 2.05) is 20.8 Å². The van der Waals surface area contributed by atoms with Crippen LogP contribution in [0.1, 0.15) is 33.6 Å². The summed E-state index contributed by atoms with van der Waals surface area (Å²) in [6.45, 7) is 5.68. The highest BCUT2D eigenvalue weighted by molar-refractivity contribution is 6.35. The number of hydrogen-bond donors (Lipinski definition) is 1. The van der Waals surface area contributed by atoms with Gasteiger partial charge in [0.25, 0.3) is 5.91 Å². The van der Waals surface area contributed by atoms with E-state index in [1.54, 1.807) is 18.2 Å². The monoisotopic (exact) mass is 341 g/mol. The summed E-state index contributed by atoms with van der Waals surface area (Å²) in [5, 5.41) is 3.63. The van der Waals surface area contributed by atoms with Crippen molar-refractivity contribution in [3.8, 4) is 0 Å². The highest BCUT2D eigenvalue weighted by Crippen LogP contribution is 2.65. The first-order valence-electron chi connectivity index (χ1n) is 7.14. The van der Waals surface area contributed by atoms with E-state index in [-0.39, 0.29) is 11.9 Å². The van der Waals surface area contributed by atoms with E-state index in [4.69, 9.17) is 27.9 Å². The van der Waals surface area contributed by atoms with Gasteiger partial charge in [-0.1, -0.05) is 37.0 Å². The van der Waals surface area contributed by atoms with Gasteiger partial charge in [0.15, 0.2) is 5.60 Å². The predicted molar refractivity (Wildman–Crippen MR) is 85.0 cm³/mol. The molecule has 118 valence electrons. The maximum absolute atomic E-state index is 12.9. The zero-order valence-electron chi connectivity index (χ0n) is 12.6. The molecule has 22 heavy (non-hydrogen) atoms. The van der Waals surface area contributed by atoms with Crippen molar-refractivity contribution in [2.75, 3.05) is 5.32 Å². The smallest absolute Gasteiger partial charge is 0.313 e. The first kappa shape index (κ1) is 15.6. The van der Waals surface area contributed by atoms with Crippen LogP contribution in [0.3, 0.4) is 0 Å². The Morgan fingerprint density at radius 3 is 2.45 bits per heavy atom. The summed E-state index contributed by atoms with van der Waals surface area (Å²) in [5.74, 6) is -0.660. The molecule has 4 nitrogen and oxygen atoms in total. The number of hydrogen-bond acceptors (Lipinski definition) is 3. The third-order valence-electron chi connectivity index (χ3n) is 5.63. The fraction of sp³-hybridized carbons (Fsp3) is 0.500. The normalized spacial score (nSPS) is 32.0. The van der Waals surface area contributed by atoms with Crippen LogP contribution in [0.4, 0.5) is 5.69 Å². The molecule has 0 unspecified atom stereocenters. The lowest BCUT2D eigenvalue weighted by Crippen LogP contribution is -2.50. The van der Waals surface area contributed by atoms with E-state index >= 15 is 0 Å². The van der Waals surface area contributed by atoms with Crippen molar-refractivity contribution in [3.63, 3.8) is 0 Å². The Balaban J connectivity index is 1.96. The molecular weight excluding hydrogens is 325 g/mol. The highest BCUT2D eigenvalue weighted by atomic mass is 35.5. The van der Waals surface area contributed by atoms with Crippen molar-refractivity contribution in [2.45, 2.75) is 39.2 Å². The molecule has 6 heteroatoms. The number of anilines is 1.